The van der Waals surface area contributed by atoms with Crippen molar-refractivity contribution in [3.63, 3.8) is 0 Å². The Morgan fingerprint density at radius 1 is 1.19 bits per heavy atom. The molecule has 0 spiro atoms. The van der Waals surface area contributed by atoms with Crippen LogP contribution >= 0.6 is 27.7 Å². The van der Waals surface area contributed by atoms with Crippen molar-refractivity contribution in [2.75, 3.05) is 11.1 Å². The Kier molecular flexibility index (Phi) is 5.40. The summed E-state index contributed by atoms with van der Waals surface area (Å²) in [7, 11) is 0. The summed E-state index contributed by atoms with van der Waals surface area (Å²) in [5.74, 6) is 1.35. The molecule has 0 bridgehead atoms. The Morgan fingerprint density at radius 2 is 2.04 bits per heavy atom. The van der Waals surface area contributed by atoms with E-state index in [0.717, 1.165) is 27.0 Å². The van der Waals surface area contributed by atoms with Gasteiger partial charge in [0, 0.05) is 15.7 Å². The van der Waals surface area contributed by atoms with Gasteiger partial charge >= 0.3 is 0 Å². The molecule has 0 saturated heterocycles. The molecule has 1 aliphatic heterocycles. The molecule has 7 heteroatoms. The first kappa shape index (κ1) is 18.0. The molecule has 1 aliphatic rings. The molecule has 1 aromatic heterocycles. The maximum atomic E-state index is 6.15. The van der Waals surface area contributed by atoms with E-state index in [0.29, 0.717) is 16.7 Å². The summed E-state index contributed by atoms with van der Waals surface area (Å²) in [6.45, 7) is 2.06. The van der Waals surface area contributed by atoms with Crippen LogP contribution < -0.4 is 10.1 Å². The molecular formula is C20H17BrN4OS. The topological polar surface area (TPSA) is 59.9 Å². The lowest BCUT2D eigenvalue weighted by Crippen LogP contribution is -2.23. The highest BCUT2D eigenvalue weighted by Gasteiger charge is 2.24. The smallest absolute Gasteiger partial charge is 0.247 e. The summed E-state index contributed by atoms with van der Waals surface area (Å²) >= 11 is 5.07. The van der Waals surface area contributed by atoms with E-state index in [9.17, 15) is 0 Å². The van der Waals surface area contributed by atoms with Gasteiger partial charge in [0.15, 0.2) is 11.9 Å². The van der Waals surface area contributed by atoms with Gasteiger partial charge in [0.25, 0.3) is 0 Å². The van der Waals surface area contributed by atoms with Gasteiger partial charge in [-0.3, -0.25) is 0 Å². The number of hydrogen-bond acceptors (Lipinski definition) is 6. The SMILES string of the molecule is CCSc1nnc2c(n1)O[C@H](/C=C/c1ccccc1)Nc1ccc(Br)cc1-2. The Hall–Kier alpha value is -2.38. The lowest BCUT2D eigenvalue weighted by atomic mass is 10.1. The highest BCUT2D eigenvalue weighted by Crippen LogP contribution is 2.38. The predicted molar refractivity (Wildman–Crippen MR) is 113 cm³/mol. The van der Waals surface area contributed by atoms with Crippen LogP contribution in [0, 0.1) is 0 Å². The first-order valence-electron chi connectivity index (χ1n) is 8.57. The molecule has 4 rings (SSSR count). The monoisotopic (exact) mass is 440 g/mol. The molecule has 0 fully saturated rings. The number of anilines is 1. The summed E-state index contributed by atoms with van der Waals surface area (Å²) in [6.07, 6.45) is 3.63. The Bertz CT molecular complexity index is 981. The van der Waals surface area contributed by atoms with Crippen LogP contribution in [0.1, 0.15) is 12.5 Å². The third-order valence-electron chi connectivity index (χ3n) is 3.94. The second-order valence-corrected chi connectivity index (χ2v) is 7.97. The minimum Gasteiger partial charge on any atom is -0.448 e. The van der Waals surface area contributed by atoms with Crippen LogP contribution in [-0.4, -0.2) is 27.2 Å². The van der Waals surface area contributed by atoms with Gasteiger partial charge in [-0.2, -0.15) is 4.98 Å². The maximum absolute atomic E-state index is 6.15. The van der Waals surface area contributed by atoms with Crippen LogP contribution in [0.2, 0.25) is 0 Å². The van der Waals surface area contributed by atoms with E-state index in [-0.39, 0.29) is 6.23 Å². The van der Waals surface area contributed by atoms with E-state index >= 15 is 0 Å². The lowest BCUT2D eigenvalue weighted by Gasteiger charge is -2.15. The van der Waals surface area contributed by atoms with E-state index in [4.69, 9.17) is 4.74 Å². The number of hydrogen-bond donors (Lipinski definition) is 1. The van der Waals surface area contributed by atoms with E-state index in [1.807, 2.05) is 60.7 Å². The molecule has 0 saturated carbocycles. The number of thioether (sulfide) groups is 1. The van der Waals surface area contributed by atoms with Crippen molar-refractivity contribution in [2.45, 2.75) is 18.3 Å². The quantitative estimate of drug-likeness (QED) is 0.558. The fraction of sp³-hybridized carbons (Fsp3) is 0.150. The van der Waals surface area contributed by atoms with Gasteiger partial charge in [0.1, 0.15) is 0 Å². The normalized spacial score (nSPS) is 15.4. The molecular weight excluding hydrogens is 424 g/mol. The summed E-state index contributed by atoms with van der Waals surface area (Å²) in [6, 6.07) is 16.1. The number of rotatable bonds is 4. The molecule has 5 nitrogen and oxygen atoms in total. The first-order valence-corrected chi connectivity index (χ1v) is 10.3. The van der Waals surface area contributed by atoms with Crippen molar-refractivity contribution in [3.05, 3.63) is 64.6 Å². The van der Waals surface area contributed by atoms with Gasteiger partial charge in [-0.1, -0.05) is 71.0 Å². The van der Waals surface area contributed by atoms with Crippen LogP contribution in [0.5, 0.6) is 5.88 Å². The predicted octanol–water partition coefficient (Wildman–Crippen LogP) is 5.26. The zero-order chi connectivity index (χ0) is 18.6. The Balaban J connectivity index is 1.74. The molecule has 1 atom stereocenters. The summed E-state index contributed by atoms with van der Waals surface area (Å²) in [4.78, 5) is 4.57. The molecule has 0 amide bonds. The number of halogens is 1. The summed E-state index contributed by atoms with van der Waals surface area (Å²) in [5.41, 5.74) is 3.57. The van der Waals surface area contributed by atoms with Crippen molar-refractivity contribution in [3.8, 4) is 17.1 Å². The molecule has 0 aliphatic carbocycles. The largest absolute Gasteiger partial charge is 0.448 e. The average Bonchev–Trinajstić information content (AvgIpc) is 2.83. The van der Waals surface area contributed by atoms with E-state index in [2.05, 4.69) is 43.4 Å². The number of nitrogens with zero attached hydrogens (tertiary/aromatic N) is 3. The fourth-order valence-corrected chi connectivity index (χ4v) is 3.60. The standard InChI is InChI=1S/C20H17BrN4OS/c1-2-27-20-23-19-18(24-25-20)15-12-14(21)9-10-16(15)22-17(26-19)11-8-13-6-4-3-5-7-13/h3-12,17,22H,2H2,1H3/b11-8+/t17-/m1/s1. The van der Waals surface area contributed by atoms with Gasteiger partial charge in [-0.05, 0) is 35.6 Å². The Morgan fingerprint density at radius 3 is 2.85 bits per heavy atom. The van der Waals surface area contributed by atoms with E-state index < -0.39 is 0 Å². The number of benzene rings is 2. The molecule has 1 N–H and O–H groups in total. The van der Waals surface area contributed by atoms with Gasteiger partial charge in [-0.15, -0.1) is 10.2 Å². The number of nitrogens with one attached hydrogen (secondary N) is 1. The minimum absolute atomic E-state index is 0.373. The second kappa shape index (κ2) is 8.10. The van der Waals surface area contributed by atoms with Crippen LogP contribution in [0.25, 0.3) is 17.3 Å². The van der Waals surface area contributed by atoms with Crippen LogP contribution in [-0.2, 0) is 0 Å². The van der Waals surface area contributed by atoms with Crippen molar-refractivity contribution < 1.29 is 4.74 Å². The van der Waals surface area contributed by atoms with E-state index in [1.165, 1.54) is 11.8 Å². The molecule has 0 radical (unpaired) electrons. The van der Waals surface area contributed by atoms with Crippen molar-refractivity contribution in [2.24, 2.45) is 0 Å². The molecule has 3 aromatic rings. The minimum atomic E-state index is -0.373. The van der Waals surface area contributed by atoms with Crippen molar-refractivity contribution >= 4 is 39.5 Å². The third kappa shape index (κ3) is 4.14. The number of fused-ring (bicyclic) bond motifs is 3. The van der Waals surface area contributed by atoms with Gasteiger partial charge < -0.3 is 10.1 Å². The van der Waals surface area contributed by atoms with Crippen molar-refractivity contribution in [1.29, 1.82) is 0 Å². The zero-order valence-corrected chi connectivity index (χ0v) is 17.0. The number of ether oxygens (including phenoxy) is 1. The third-order valence-corrected chi connectivity index (χ3v) is 5.16. The van der Waals surface area contributed by atoms with Crippen LogP contribution in [0.15, 0.2) is 64.2 Å². The molecule has 2 heterocycles. The van der Waals surface area contributed by atoms with Crippen molar-refractivity contribution in [1.82, 2.24) is 15.2 Å². The average molecular weight is 441 g/mol. The van der Waals surface area contributed by atoms with Gasteiger partial charge in [0.05, 0.1) is 0 Å². The van der Waals surface area contributed by atoms with Gasteiger partial charge in [-0.25, -0.2) is 0 Å². The number of aromatic nitrogens is 3. The second-order valence-electron chi connectivity index (χ2n) is 5.82. The molecule has 27 heavy (non-hydrogen) atoms. The Labute approximate surface area is 170 Å². The van der Waals surface area contributed by atoms with Crippen LogP contribution in [0.4, 0.5) is 5.69 Å². The lowest BCUT2D eigenvalue weighted by molar-refractivity contribution is 0.266. The molecule has 136 valence electrons. The summed E-state index contributed by atoms with van der Waals surface area (Å²) in [5, 5.41) is 12.6. The van der Waals surface area contributed by atoms with E-state index in [1.54, 1.807) is 0 Å². The molecule has 0 unspecified atom stereocenters. The maximum Gasteiger partial charge on any atom is 0.247 e. The summed E-state index contributed by atoms with van der Waals surface area (Å²) < 4.78 is 7.11. The van der Waals surface area contributed by atoms with Gasteiger partial charge in [0.2, 0.25) is 11.0 Å². The molecule has 2 aromatic carbocycles. The highest BCUT2D eigenvalue weighted by atomic mass is 79.9. The zero-order valence-electron chi connectivity index (χ0n) is 14.6. The fourth-order valence-electron chi connectivity index (χ4n) is 2.73. The first-order chi connectivity index (χ1) is 13.2. The van der Waals surface area contributed by atoms with Crippen LogP contribution in [0.3, 0.4) is 0 Å². The highest BCUT2D eigenvalue weighted by molar-refractivity contribution is 9.10.